The first-order chi connectivity index (χ1) is 19.6. The highest BCUT2D eigenvalue weighted by atomic mass is 16.5. The molecule has 11 heteroatoms. The fourth-order valence-corrected chi connectivity index (χ4v) is 4.86. The Kier molecular flexibility index (Phi) is 9.15. The largest absolute Gasteiger partial charge is 0.480 e. The number of pyridine rings is 1. The molecule has 4 heterocycles. The van der Waals surface area contributed by atoms with Crippen molar-refractivity contribution in [3.05, 3.63) is 60.7 Å². The molecule has 4 aromatic rings. The third-order valence-electron chi connectivity index (χ3n) is 6.97. The lowest BCUT2D eigenvalue weighted by atomic mass is 10.0. The highest BCUT2D eigenvalue weighted by Crippen LogP contribution is 2.31. The summed E-state index contributed by atoms with van der Waals surface area (Å²) >= 11 is 0. The maximum atomic E-state index is 13.0. The number of rotatable bonds is 13. The molecule has 11 nitrogen and oxygen atoms in total. The van der Waals surface area contributed by atoms with E-state index in [9.17, 15) is 9.59 Å². The zero-order chi connectivity index (χ0) is 27.7. The molecule has 3 aromatic heterocycles. The third kappa shape index (κ3) is 6.91. The van der Waals surface area contributed by atoms with Gasteiger partial charge in [-0.25, -0.2) is 15.0 Å². The van der Waals surface area contributed by atoms with Gasteiger partial charge < -0.3 is 24.2 Å². The molecule has 1 aliphatic rings. The summed E-state index contributed by atoms with van der Waals surface area (Å²) in [4.78, 5) is 43.9. The number of aromatic amines is 1. The number of ketones is 1. The number of unbranched alkanes of at least 4 members (excludes halogenated alkanes) is 2. The van der Waals surface area contributed by atoms with Crippen molar-refractivity contribution in [2.75, 3.05) is 40.0 Å². The van der Waals surface area contributed by atoms with Gasteiger partial charge in [0.2, 0.25) is 17.6 Å². The Morgan fingerprint density at radius 3 is 2.80 bits per heavy atom. The summed E-state index contributed by atoms with van der Waals surface area (Å²) in [6.45, 7) is 3.03. The second-order valence-electron chi connectivity index (χ2n) is 9.79. The van der Waals surface area contributed by atoms with Crippen LogP contribution in [0.25, 0.3) is 22.2 Å². The summed E-state index contributed by atoms with van der Waals surface area (Å²) in [7, 11) is 1.60. The number of methoxy groups -OCH3 is 1. The van der Waals surface area contributed by atoms with Crippen LogP contribution in [0.2, 0.25) is 0 Å². The van der Waals surface area contributed by atoms with Crippen LogP contribution in [0.3, 0.4) is 0 Å². The number of H-pyrrole nitrogens is 1. The molecule has 2 N–H and O–H groups in total. The second kappa shape index (κ2) is 13.3. The fourth-order valence-electron chi connectivity index (χ4n) is 4.86. The molecule has 40 heavy (non-hydrogen) atoms. The minimum atomic E-state index is -0.316. The lowest BCUT2D eigenvalue weighted by molar-refractivity contribution is -0.124. The Morgan fingerprint density at radius 1 is 1.15 bits per heavy atom. The number of nitrogens with zero attached hydrogens (tertiary/aromatic N) is 4. The highest BCUT2D eigenvalue weighted by molar-refractivity contribution is 5.91. The van der Waals surface area contributed by atoms with E-state index >= 15 is 0 Å². The van der Waals surface area contributed by atoms with Gasteiger partial charge in [0.15, 0.2) is 0 Å². The average molecular weight is 547 g/mol. The number of hydrogen-bond acceptors (Lipinski definition) is 9. The van der Waals surface area contributed by atoms with E-state index in [1.807, 2.05) is 30.3 Å². The highest BCUT2D eigenvalue weighted by Gasteiger charge is 2.22. The molecule has 0 spiro atoms. The van der Waals surface area contributed by atoms with E-state index in [1.165, 1.54) is 12.5 Å². The summed E-state index contributed by atoms with van der Waals surface area (Å²) in [6.07, 6.45) is 7.99. The van der Waals surface area contributed by atoms with Crippen LogP contribution < -0.4 is 10.1 Å². The standard InChI is InChI=1S/C29H34N6O5/c1-38-28-21(17-20-7-5-6-8-22(20)34-28)24-18-31-27(33-24)23(32-26(37)19-35-12-15-39-16-13-35)9-3-2-4-10-25(36)29-30-11-14-40-29/h5-8,11,14,17-18,23H,2-4,9-10,12-13,15-16,19H2,1H3,(H,31,33)(H,32,37)/t23-/m0/s1. The van der Waals surface area contributed by atoms with Crippen molar-refractivity contribution < 1.29 is 23.5 Å². The van der Waals surface area contributed by atoms with Crippen molar-refractivity contribution in [2.24, 2.45) is 0 Å². The monoisotopic (exact) mass is 546 g/mol. The molecular formula is C29H34N6O5. The molecule has 0 radical (unpaired) electrons. The van der Waals surface area contributed by atoms with Gasteiger partial charge in [0.05, 0.1) is 62.1 Å². The number of ether oxygens (including phenoxy) is 2. The molecule has 1 aromatic carbocycles. The van der Waals surface area contributed by atoms with E-state index in [0.29, 0.717) is 50.7 Å². The molecule has 1 amide bonds. The number of carbonyl (C=O) groups is 2. The summed E-state index contributed by atoms with van der Waals surface area (Å²) in [5, 5.41) is 4.16. The number of oxazole rings is 1. The number of aromatic nitrogens is 4. The van der Waals surface area contributed by atoms with Crippen molar-refractivity contribution in [1.82, 2.24) is 30.2 Å². The van der Waals surface area contributed by atoms with E-state index in [1.54, 1.807) is 13.3 Å². The summed E-state index contributed by atoms with van der Waals surface area (Å²) < 4.78 is 16.1. The number of carbonyl (C=O) groups excluding carboxylic acids is 2. The number of Topliss-reactive ketones (excluding diaryl/α,β-unsaturated/α-hetero) is 1. The van der Waals surface area contributed by atoms with E-state index in [2.05, 4.69) is 30.2 Å². The molecule has 0 aliphatic carbocycles. The molecule has 0 saturated carbocycles. The zero-order valence-corrected chi connectivity index (χ0v) is 22.6. The van der Waals surface area contributed by atoms with Crippen LogP contribution in [0.4, 0.5) is 0 Å². The topological polar surface area (TPSA) is 135 Å². The van der Waals surface area contributed by atoms with E-state index < -0.39 is 0 Å². The minimum absolute atomic E-state index is 0.0612. The van der Waals surface area contributed by atoms with Gasteiger partial charge in [-0.3, -0.25) is 14.5 Å². The van der Waals surface area contributed by atoms with Gasteiger partial charge >= 0.3 is 0 Å². The lowest BCUT2D eigenvalue weighted by Crippen LogP contribution is -2.44. The molecule has 0 bridgehead atoms. The number of imidazole rings is 1. The van der Waals surface area contributed by atoms with Crippen LogP contribution in [-0.4, -0.2) is 76.5 Å². The lowest BCUT2D eigenvalue weighted by Gasteiger charge is -2.26. The smallest absolute Gasteiger partial charge is 0.263 e. The van der Waals surface area contributed by atoms with Gasteiger partial charge in [-0.1, -0.05) is 31.0 Å². The number of morpholine rings is 1. The number of para-hydroxylation sites is 1. The Bertz CT molecular complexity index is 1410. The number of hydrogen-bond donors (Lipinski definition) is 2. The van der Waals surface area contributed by atoms with Gasteiger partial charge in [0.25, 0.3) is 5.89 Å². The third-order valence-corrected chi connectivity index (χ3v) is 6.97. The number of benzene rings is 1. The Morgan fingerprint density at radius 2 is 2.00 bits per heavy atom. The summed E-state index contributed by atoms with van der Waals surface area (Å²) in [5.74, 6) is 1.15. The van der Waals surface area contributed by atoms with Gasteiger partial charge in [-0.15, -0.1) is 0 Å². The molecule has 1 fully saturated rings. The van der Waals surface area contributed by atoms with Crippen molar-refractivity contribution in [2.45, 2.75) is 38.1 Å². The number of amides is 1. The minimum Gasteiger partial charge on any atom is -0.480 e. The Hall–Kier alpha value is -4.09. The maximum absolute atomic E-state index is 13.0. The van der Waals surface area contributed by atoms with Crippen LogP contribution in [0.5, 0.6) is 5.88 Å². The SMILES string of the molecule is COc1nc2ccccc2cc1-c1cnc([C@H](CCCCCC(=O)c2ncco2)NC(=O)CN2CCOCC2)[nH]1. The molecule has 1 saturated heterocycles. The number of nitrogens with one attached hydrogen (secondary N) is 2. The molecule has 5 rings (SSSR count). The van der Waals surface area contributed by atoms with Crippen LogP contribution in [0, 0.1) is 0 Å². The first-order valence-corrected chi connectivity index (χ1v) is 13.6. The van der Waals surface area contributed by atoms with Gasteiger partial charge in [-0.05, 0) is 25.0 Å². The van der Waals surface area contributed by atoms with Gasteiger partial charge in [0, 0.05) is 24.9 Å². The molecular weight excluding hydrogens is 512 g/mol. The molecule has 1 aliphatic heterocycles. The van der Waals surface area contributed by atoms with Crippen LogP contribution >= 0.6 is 0 Å². The van der Waals surface area contributed by atoms with E-state index in [0.717, 1.165) is 48.1 Å². The predicted octanol–water partition coefficient (Wildman–Crippen LogP) is 3.94. The fraction of sp³-hybridized carbons (Fsp3) is 0.414. The Labute approximate surface area is 232 Å². The Balaban J connectivity index is 1.27. The molecule has 1 atom stereocenters. The van der Waals surface area contributed by atoms with E-state index in [-0.39, 0.29) is 23.6 Å². The van der Waals surface area contributed by atoms with Crippen molar-refractivity contribution in [1.29, 1.82) is 0 Å². The normalized spacial score (nSPS) is 14.7. The van der Waals surface area contributed by atoms with Gasteiger partial charge in [-0.2, -0.15) is 0 Å². The maximum Gasteiger partial charge on any atom is 0.263 e. The van der Waals surface area contributed by atoms with Crippen molar-refractivity contribution in [3.8, 4) is 17.1 Å². The van der Waals surface area contributed by atoms with Gasteiger partial charge in [0.1, 0.15) is 12.1 Å². The predicted molar refractivity (Wildman–Crippen MR) is 148 cm³/mol. The van der Waals surface area contributed by atoms with Crippen LogP contribution in [0.15, 0.2) is 53.4 Å². The first kappa shape index (κ1) is 27.5. The van der Waals surface area contributed by atoms with Crippen LogP contribution in [0.1, 0.15) is 54.7 Å². The molecule has 210 valence electrons. The van der Waals surface area contributed by atoms with Crippen molar-refractivity contribution in [3.63, 3.8) is 0 Å². The molecule has 0 unspecified atom stereocenters. The first-order valence-electron chi connectivity index (χ1n) is 13.6. The summed E-state index contributed by atoms with van der Waals surface area (Å²) in [6, 6.07) is 9.57. The van der Waals surface area contributed by atoms with E-state index in [4.69, 9.17) is 13.9 Å². The van der Waals surface area contributed by atoms with Crippen LogP contribution in [-0.2, 0) is 9.53 Å². The zero-order valence-electron chi connectivity index (χ0n) is 22.6. The summed E-state index contributed by atoms with van der Waals surface area (Å²) in [5.41, 5.74) is 2.40. The van der Waals surface area contributed by atoms with Crippen molar-refractivity contribution >= 4 is 22.6 Å². The second-order valence-corrected chi connectivity index (χ2v) is 9.79. The number of fused-ring (bicyclic) bond motifs is 1. The average Bonchev–Trinajstić information content (AvgIpc) is 3.69. The quantitative estimate of drug-likeness (QED) is 0.189.